The number of ether oxygens (including phenoxy) is 1. The fraction of sp³-hybridized carbons (Fsp3) is 0.200. The van der Waals surface area contributed by atoms with Crippen molar-refractivity contribution in [3.8, 4) is 5.75 Å². The number of carbonyl (C=O) groups is 1. The van der Waals surface area contributed by atoms with E-state index in [-0.39, 0.29) is 5.91 Å². The summed E-state index contributed by atoms with van der Waals surface area (Å²) in [6, 6.07) is 19.6. The minimum absolute atomic E-state index is 0.0547. The Hall–Kier alpha value is -2.88. The van der Waals surface area contributed by atoms with E-state index >= 15 is 0 Å². The lowest BCUT2D eigenvalue weighted by Crippen LogP contribution is -2.27. The van der Waals surface area contributed by atoms with Gasteiger partial charge >= 0.3 is 0 Å². The maximum absolute atomic E-state index is 12.2. The fourth-order valence-electron chi connectivity index (χ4n) is 2.53. The number of hydrogen-bond donors (Lipinski definition) is 0. The maximum atomic E-state index is 12.2. The van der Waals surface area contributed by atoms with Crippen molar-refractivity contribution in [2.45, 2.75) is 13.0 Å². The van der Waals surface area contributed by atoms with Crippen molar-refractivity contribution in [3.05, 3.63) is 72.4 Å². The third kappa shape index (κ3) is 4.10. The van der Waals surface area contributed by atoms with Crippen molar-refractivity contribution in [2.24, 2.45) is 0 Å². The topological polar surface area (TPSA) is 42.4 Å². The normalized spacial score (nSPS) is 10.5. The van der Waals surface area contributed by atoms with Crippen LogP contribution in [0.4, 0.5) is 0 Å². The third-order valence-corrected chi connectivity index (χ3v) is 3.82. The van der Waals surface area contributed by atoms with E-state index in [2.05, 4.69) is 11.1 Å². The number of amides is 1. The summed E-state index contributed by atoms with van der Waals surface area (Å²) < 4.78 is 5.57. The number of para-hydroxylation sites is 2. The molecule has 3 rings (SSSR count). The molecule has 0 bridgehead atoms. The molecule has 0 fully saturated rings. The van der Waals surface area contributed by atoms with Crippen LogP contribution in [0.2, 0.25) is 0 Å². The summed E-state index contributed by atoms with van der Waals surface area (Å²) in [6.45, 7) is 0.922. The van der Waals surface area contributed by atoms with Gasteiger partial charge in [-0.2, -0.15) is 0 Å². The second-order valence-corrected chi connectivity index (χ2v) is 5.70. The summed E-state index contributed by atoms with van der Waals surface area (Å²) in [7, 11) is 1.81. The molecule has 24 heavy (non-hydrogen) atoms. The van der Waals surface area contributed by atoms with Gasteiger partial charge in [-0.3, -0.25) is 9.78 Å². The van der Waals surface area contributed by atoms with Gasteiger partial charge in [0.05, 0.1) is 18.5 Å². The lowest BCUT2D eigenvalue weighted by molar-refractivity contribution is -0.130. The Labute approximate surface area is 141 Å². The molecule has 0 radical (unpaired) electrons. The molecule has 0 spiro atoms. The Bertz CT molecular complexity index is 818. The molecule has 1 aromatic heterocycles. The summed E-state index contributed by atoms with van der Waals surface area (Å²) in [5.74, 6) is 0.839. The lowest BCUT2D eigenvalue weighted by Gasteiger charge is -2.17. The smallest absolute Gasteiger partial charge is 0.226 e. The molecule has 0 aliphatic carbocycles. The molecule has 1 heterocycles. The van der Waals surface area contributed by atoms with Crippen LogP contribution in [0.25, 0.3) is 10.9 Å². The monoisotopic (exact) mass is 320 g/mol. The summed E-state index contributed by atoms with van der Waals surface area (Å²) in [5, 5.41) is 1.09. The Morgan fingerprint density at radius 1 is 1.08 bits per heavy atom. The maximum Gasteiger partial charge on any atom is 0.226 e. The number of fused-ring (bicyclic) bond motifs is 1. The van der Waals surface area contributed by atoms with Crippen LogP contribution in [0.3, 0.4) is 0 Å². The molecule has 122 valence electrons. The van der Waals surface area contributed by atoms with E-state index in [9.17, 15) is 4.79 Å². The van der Waals surface area contributed by atoms with Gasteiger partial charge < -0.3 is 9.64 Å². The number of benzene rings is 2. The summed E-state index contributed by atoms with van der Waals surface area (Å²) in [5.41, 5.74) is 1.99. The average Bonchev–Trinajstić information content (AvgIpc) is 2.62. The van der Waals surface area contributed by atoms with Gasteiger partial charge in [0.2, 0.25) is 5.91 Å². The van der Waals surface area contributed by atoms with Crippen molar-refractivity contribution in [3.63, 3.8) is 0 Å². The molecular formula is C20H20N2O2. The number of nitrogens with zero attached hydrogens (tertiary/aromatic N) is 2. The van der Waals surface area contributed by atoms with Crippen LogP contribution in [0.1, 0.15) is 12.0 Å². The van der Waals surface area contributed by atoms with Crippen LogP contribution in [0.5, 0.6) is 5.75 Å². The number of aromatic nitrogens is 1. The number of pyridine rings is 1. The first kappa shape index (κ1) is 16.0. The van der Waals surface area contributed by atoms with Crippen LogP contribution in [-0.4, -0.2) is 29.4 Å². The summed E-state index contributed by atoms with van der Waals surface area (Å²) in [6.07, 6.45) is 2.18. The van der Waals surface area contributed by atoms with Gasteiger partial charge in [-0.15, -0.1) is 0 Å². The molecule has 0 aliphatic rings. The zero-order chi connectivity index (χ0) is 16.8. The molecule has 0 saturated heterocycles. The minimum atomic E-state index is 0.0547. The zero-order valence-corrected chi connectivity index (χ0v) is 13.7. The highest BCUT2D eigenvalue weighted by atomic mass is 16.5. The molecule has 3 aromatic rings. The largest absolute Gasteiger partial charge is 0.493 e. The average molecular weight is 320 g/mol. The first-order valence-electron chi connectivity index (χ1n) is 7.98. The number of carbonyl (C=O) groups excluding carboxylic acids is 1. The Morgan fingerprint density at radius 2 is 1.83 bits per heavy atom. The van der Waals surface area contributed by atoms with E-state index < -0.39 is 0 Å². The molecule has 0 saturated carbocycles. The molecule has 0 atom stereocenters. The number of rotatable bonds is 6. The highest BCUT2D eigenvalue weighted by molar-refractivity contribution is 5.79. The van der Waals surface area contributed by atoms with Crippen molar-refractivity contribution in [1.29, 1.82) is 0 Å². The molecule has 4 nitrogen and oxygen atoms in total. The standard InChI is InChI=1S/C20H20N2O2/c1-22(20(23)11-12-24-18-8-3-2-4-9-18)15-16-13-17-7-5-6-10-19(17)21-14-16/h2-10,13-14H,11-12,15H2,1H3. The minimum Gasteiger partial charge on any atom is -0.493 e. The first-order chi connectivity index (χ1) is 11.7. The molecule has 0 aliphatic heterocycles. The molecule has 0 unspecified atom stereocenters. The van der Waals surface area contributed by atoms with E-state index in [1.165, 1.54) is 0 Å². The van der Waals surface area contributed by atoms with E-state index in [0.29, 0.717) is 19.6 Å². The second-order valence-electron chi connectivity index (χ2n) is 5.70. The quantitative estimate of drug-likeness (QED) is 0.696. The lowest BCUT2D eigenvalue weighted by atomic mass is 10.1. The van der Waals surface area contributed by atoms with Gasteiger partial charge in [-0.25, -0.2) is 0 Å². The van der Waals surface area contributed by atoms with Gasteiger partial charge in [0.15, 0.2) is 0 Å². The third-order valence-electron chi connectivity index (χ3n) is 3.82. The molecule has 0 N–H and O–H groups in total. The highest BCUT2D eigenvalue weighted by Gasteiger charge is 2.10. The van der Waals surface area contributed by atoms with Crippen LogP contribution >= 0.6 is 0 Å². The highest BCUT2D eigenvalue weighted by Crippen LogP contribution is 2.14. The zero-order valence-electron chi connectivity index (χ0n) is 13.7. The molecule has 4 heteroatoms. The van der Waals surface area contributed by atoms with E-state index in [1.54, 1.807) is 11.9 Å². The summed E-state index contributed by atoms with van der Waals surface area (Å²) in [4.78, 5) is 18.4. The van der Waals surface area contributed by atoms with Gasteiger partial charge in [0, 0.05) is 25.2 Å². The van der Waals surface area contributed by atoms with E-state index in [1.807, 2.05) is 60.8 Å². The van der Waals surface area contributed by atoms with Crippen LogP contribution in [0, 0.1) is 0 Å². The fourth-order valence-corrected chi connectivity index (χ4v) is 2.53. The van der Waals surface area contributed by atoms with Crippen LogP contribution in [0.15, 0.2) is 66.9 Å². The van der Waals surface area contributed by atoms with Crippen molar-refractivity contribution >= 4 is 16.8 Å². The van der Waals surface area contributed by atoms with Gasteiger partial charge in [-0.05, 0) is 29.8 Å². The first-order valence-corrected chi connectivity index (χ1v) is 7.98. The SMILES string of the molecule is CN(Cc1cnc2ccccc2c1)C(=O)CCOc1ccccc1. The second kappa shape index (κ2) is 7.59. The van der Waals surface area contributed by atoms with Crippen molar-refractivity contribution in [1.82, 2.24) is 9.88 Å². The summed E-state index contributed by atoms with van der Waals surface area (Å²) >= 11 is 0. The molecule has 1 amide bonds. The molecule has 2 aromatic carbocycles. The van der Waals surface area contributed by atoms with Gasteiger partial charge in [-0.1, -0.05) is 36.4 Å². The Kier molecular flexibility index (Phi) is 5.06. The van der Waals surface area contributed by atoms with Crippen LogP contribution < -0.4 is 4.74 Å². The predicted octanol–water partition coefficient (Wildman–Crippen LogP) is 3.66. The number of hydrogen-bond acceptors (Lipinski definition) is 3. The Morgan fingerprint density at radius 3 is 2.67 bits per heavy atom. The van der Waals surface area contributed by atoms with E-state index in [0.717, 1.165) is 22.2 Å². The van der Waals surface area contributed by atoms with Crippen molar-refractivity contribution < 1.29 is 9.53 Å². The van der Waals surface area contributed by atoms with Gasteiger partial charge in [0.25, 0.3) is 0 Å². The Balaban J connectivity index is 1.53. The van der Waals surface area contributed by atoms with Crippen molar-refractivity contribution in [2.75, 3.05) is 13.7 Å². The van der Waals surface area contributed by atoms with E-state index in [4.69, 9.17) is 4.74 Å². The van der Waals surface area contributed by atoms with Gasteiger partial charge in [0.1, 0.15) is 5.75 Å². The molecular weight excluding hydrogens is 300 g/mol. The van der Waals surface area contributed by atoms with Crippen LogP contribution in [-0.2, 0) is 11.3 Å². The predicted molar refractivity (Wildman–Crippen MR) is 94.8 cm³/mol.